The van der Waals surface area contributed by atoms with E-state index in [9.17, 15) is 9.59 Å². The number of anilines is 1. The second-order valence-electron chi connectivity index (χ2n) is 5.48. The van der Waals surface area contributed by atoms with Gasteiger partial charge in [0, 0.05) is 5.54 Å². The van der Waals surface area contributed by atoms with Gasteiger partial charge in [-0.3, -0.25) is 9.59 Å². The van der Waals surface area contributed by atoms with E-state index in [1.807, 2.05) is 26.8 Å². The van der Waals surface area contributed by atoms with Crippen LogP contribution in [0.5, 0.6) is 0 Å². The highest BCUT2D eigenvalue weighted by molar-refractivity contribution is 6.09. The molecular weight excluding hydrogens is 242 g/mol. The summed E-state index contributed by atoms with van der Waals surface area (Å²) in [6, 6.07) is 6.69. The van der Waals surface area contributed by atoms with Crippen LogP contribution in [-0.2, 0) is 4.79 Å². The molecule has 0 radical (unpaired) electrons. The van der Waals surface area contributed by atoms with Crippen LogP contribution < -0.4 is 5.32 Å². The molecule has 1 N–H and O–H groups in total. The SMILES string of the molecule is CC(C)(C)N1CC(=O)Nc2ccc(C#N)cc2C1=O. The van der Waals surface area contributed by atoms with Gasteiger partial charge in [0.25, 0.3) is 5.91 Å². The van der Waals surface area contributed by atoms with Crippen LogP contribution in [-0.4, -0.2) is 28.8 Å². The van der Waals surface area contributed by atoms with Gasteiger partial charge in [0.15, 0.2) is 0 Å². The number of carbonyl (C=O) groups is 2. The number of rotatable bonds is 0. The molecule has 5 nitrogen and oxygen atoms in total. The van der Waals surface area contributed by atoms with E-state index in [4.69, 9.17) is 5.26 Å². The summed E-state index contributed by atoms with van der Waals surface area (Å²) in [5, 5.41) is 11.6. The summed E-state index contributed by atoms with van der Waals surface area (Å²) in [5.74, 6) is -0.468. The van der Waals surface area contributed by atoms with E-state index >= 15 is 0 Å². The maximum Gasteiger partial charge on any atom is 0.256 e. The summed E-state index contributed by atoms with van der Waals surface area (Å²) in [6.07, 6.45) is 0. The summed E-state index contributed by atoms with van der Waals surface area (Å²) >= 11 is 0. The van der Waals surface area contributed by atoms with Gasteiger partial charge in [0.1, 0.15) is 6.54 Å². The summed E-state index contributed by atoms with van der Waals surface area (Å²) in [6.45, 7) is 5.63. The summed E-state index contributed by atoms with van der Waals surface area (Å²) in [5.41, 5.74) is 0.760. The molecule has 5 heteroatoms. The van der Waals surface area contributed by atoms with Gasteiger partial charge in [-0.05, 0) is 39.0 Å². The van der Waals surface area contributed by atoms with Gasteiger partial charge in [-0.2, -0.15) is 5.26 Å². The Hall–Kier alpha value is -2.35. The fraction of sp³-hybridized carbons (Fsp3) is 0.357. The second-order valence-corrected chi connectivity index (χ2v) is 5.48. The van der Waals surface area contributed by atoms with Crippen LogP contribution in [0.4, 0.5) is 5.69 Å². The molecule has 19 heavy (non-hydrogen) atoms. The molecule has 1 aliphatic heterocycles. The first-order valence-electron chi connectivity index (χ1n) is 5.99. The fourth-order valence-electron chi connectivity index (χ4n) is 1.99. The van der Waals surface area contributed by atoms with Crippen molar-refractivity contribution in [2.24, 2.45) is 0 Å². The lowest BCUT2D eigenvalue weighted by Gasteiger charge is -2.33. The number of fused-ring (bicyclic) bond motifs is 1. The monoisotopic (exact) mass is 257 g/mol. The Balaban J connectivity index is 2.56. The first-order chi connectivity index (χ1) is 8.82. The normalized spacial score (nSPS) is 15.4. The zero-order valence-corrected chi connectivity index (χ0v) is 11.2. The van der Waals surface area contributed by atoms with Crippen molar-refractivity contribution in [2.75, 3.05) is 11.9 Å². The van der Waals surface area contributed by atoms with Crippen molar-refractivity contribution in [3.8, 4) is 6.07 Å². The first-order valence-corrected chi connectivity index (χ1v) is 5.99. The third-order valence-electron chi connectivity index (χ3n) is 3.01. The van der Waals surface area contributed by atoms with Gasteiger partial charge in [-0.25, -0.2) is 0 Å². The molecule has 0 fully saturated rings. The number of amides is 2. The van der Waals surface area contributed by atoms with Crippen LogP contribution in [0.25, 0.3) is 0 Å². The molecule has 1 aliphatic rings. The van der Waals surface area contributed by atoms with Gasteiger partial charge >= 0.3 is 0 Å². The minimum atomic E-state index is -0.460. The highest BCUT2D eigenvalue weighted by Crippen LogP contribution is 2.26. The number of hydrogen-bond acceptors (Lipinski definition) is 3. The maximum atomic E-state index is 12.5. The third kappa shape index (κ3) is 2.43. The number of hydrogen-bond donors (Lipinski definition) is 1. The Morgan fingerprint density at radius 1 is 1.32 bits per heavy atom. The summed E-state index contributed by atoms with van der Waals surface area (Å²) in [4.78, 5) is 25.9. The molecule has 0 aromatic heterocycles. The van der Waals surface area contributed by atoms with Crippen molar-refractivity contribution in [1.82, 2.24) is 4.90 Å². The number of nitrogens with zero attached hydrogens (tertiary/aromatic N) is 2. The van der Waals surface area contributed by atoms with E-state index in [1.54, 1.807) is 12.1 Å². The van der Waals surface area contributed by atoms with Gasteiger partial charge in [-0.15, -0.1) is 0 Å². The Labute approximate surface area is 111 Å². The number of carbonyl (C=O) groups excluding carboxylic acids is 2. The van der Waals surface area contributed by atoms with Gasteiger partial charge < -0.3 is 10.2 Å². The smallest absolute Gasteiger partial charge is 0.256 e. The lowest BCUT2D eigenvalue weighted by molar-refractivity contribution is -0.117. The van der Waals surface area contributed by atoms with Crippen molar-refractivity contribution >= 4 is 17.5 Å². The van der Waals surface area contributed by atoms with E-state index in [-0.39, 0.29) is 18.4 Å². The van der Waals surface area contributed by atoms with E-state index in [2.05, 4.69) is 5.32 Å². The van der Waals surface area contributed by atoms with Gasteiger partial charge in [-0.1, -0.05) is 0 Å². The van der Waals surface area contributed by atoms with Crippen LogP contribution >= 0.6 is 0 Å². The van der Waals surface area contributed by atoms with E-state index in [1.165, 1.54) is 11.0 Å². The van der Waals surface area contributed by atoms with Crippen molar-refractivity contribution in [3.63, 3.8) is 0 Å². The maximum absolute atomic E-state index is 12.5. The van der Waals surface area contributed by atoms with Gasteiger partial charge in [0.2, 0.25) is 5.91 Å². The molecule has 0 saturated heterocycles. The van der Waals surface area contributed by atoms with Gasteiger partial charge in [0.05, 0.1) is 22.9 Å². The Morgan fingerprint density at radius 3 is 2.58 bits per heavy atom. The molecule has 1 aromatic rings. The quantitative estimate of drug-likeness (QED) is 0.769. The first kappa shape index (κ1) is 13.1. The Kier molecular flexibility index (Phi) is 3.03. The molecule has 0 saturated carbocycles. The predicted molar refractivity (Wildman–Crippen MR) is 70.6 cm³/mol. The molecule has 0 aliphatic carbocycles. The third-order valence-corrected chi connectivity index (χ3v) is 3.01. The molecule has 0 unspecified atom stereocenters. The Morgan fingerprint density at radius 2 is 2.00 bits per heavy atom. The van der Waals surface area contributed by atoms with Crippen molar-refractivity contribution in [3.05, 3.63) is 29.3 Å². The molecule has 2 amide bonds. The zero-order chi connectivity index (χ0) is 14.2. The summed E-state index contributed by atoms with van der Waals surface area (Å²) in [7, 11) is 0. The topological polar surface area (TPSA) is 73.2 Å². The van der Waals surface area contributed by atoms with Crippen LogP contribution in [0.1, 0.15) is 36.7 Å². The van der Waals surface area contributed by atoms with Crippen molar-refractivity contribution < 1.29 is 9.59 Å². The fourth-order valence-corrected chi connectivity index (χ4v) is 1.99. The lowest BCUT2D eigenvalue weighted by atomic mass is 10.0. The molecule has 0 atom stereocenters. The lowest BCUT2D eigenvalue weighted by Crippen LogP contribution is -2.47. The standard InChI is InChI=1S/C14H15N3O2/c1-14(2,3)17-8-12(18)16-11-5-4-9(7-15)6-10(11)13(17)19/h4-6H,8H2,1-3H3,(H,16,18). The number of benzene rings is 1. The Bertz CT molecular complexity index is 594. The van der Waals surface area contributed by atoms with Crippen LogP contribution in [0.2, 0.25) is 0 Å². The molecule has 0 bridgehead atoms. The van der Waals surface area contributed by atoms with E-state index < -0.39 is 5.54 Å². The highest BCUT2D eigenvalue weighted by Gasteiger charge is 2.33. The second kappa shape index (κ2) is 4.39. The average molecular weight is 257 g/mol. The van der Waals surface area contributed by atoms with Crippen LogP contribution in [0.15, 0.2) is 18.2 Å². The van der Waals surface area contributed by atoms with Crippen LogP contribution in [0, 0.1) is 11.3 Å². The molecule has 1 aromatic carbocycles. The average Bonchev–Trinajstić information content (AvgIpc) is 2.46. The summed E-state index contributed by atoms with van der Waals surface area (Å²) < 4.78 is 0. The molecule has 98 valence electrons. The molecule has 0 spiro atoms. The predicted octanol–water partition coefficient (Wildman–Crippen LogP) is 1.75. The van der Waals surface area contributed by atoms with E-state index in [0.717, 1.165) is 0 Å². The number of nitriles is 1. The van der Waals surface area contributed by atoms with Crippen molar-refractivity contribution in [2.45, 2.75) is 26.3 Å². The highest BCUT2D eigenvalue weighted by atomic mass is 16.2. The largest absolute Gasteiger partial charge is 0.324 e. The molecule has 1 heterocycles. The minimum absolute atomic E-state index is 0.0128. The van der Waals surface area contributed by atoms with Crippen molar-refractivity contribution in [1.29, 1.82) is 5.26 Å². The van der Waals surface area contributed by atoms with Crippen LogP contribution in [0.3, 0.4) is 0 Å². The molecular formula is C14H15N3O2. The minimum Gasteiger partial charge on any atom is -0.324 e. The zero-order valence-electron chi connectivity index (χ0n) is 11.2. The molecule has 2 rings (SSSR count). The number of nitrogens with one attached hydrogen (secondary N) is 1. The van der Waals surface area contributed by atoms with E-state index in [0.29, 0.717) is 16.8 Å².